The fraction of sp³-hybridized carbons (Fsp3) is 0.235. The van der Waals surface area contributed by atoms with E-state index in [1.54, 1.807) is 11.8 Å². The number of carbonyl (C=O) groups is 1. The van der Waals surface area contributed by atoms with Gasteiger partial charge in [0.25, 0.3) is 0 Å². The maximum Gasteiger partial charge on any atom is 0.131 e. The molecule has 2 atom stereocenters. The summed E-state index contributed by atoms with van der Waals surface area (Å²) in [4.78, 5) is 11.6. The predicted octanol–water partition coefficient (Wildman–Crippen LogP) is 4.64. The summed E-state index contributed by atoms with van der Waals surface area (Å²) < 4.78 is 8.12. The van der Waals surface area contributed by atoms with E-state index in [4.69, 9.17) is 1.37 Å². The summed E-state index contributed by atoms with van der Waals surface area (Å²) in [6.45, 7) is 1.50. The van der Waals surface area contributed by atoms with E-state index in [-0.39, 0.29) is 11.0 Å². The fourth-order valence-electron chi connectivity index (χ4n) is 1.86. The van der Waals surface area contributed by atoms with Gasteiger partial charge in [0, 0.05) is 18.8 Å². The highest BCUT2D eigenvalue weighted by Crippen LogP contribution is 2.34. The van der Waals surface area contributed by atoms with E-state index in [0.29, 0.717) is 0 Å². The van der Waals surface area contributed by atoms with Crippen LogP contribution in [0.25, 0.3) is 0 Å². The lowest BCUT2D eigenvalue weighted by Crippen LogP contribution is -2.01. The summed E-state index contributed by atoms with van der Waals surface area (Å²) in [5.41, 5.74) is 2.26. The zero-order chi connectivity index (χ0) is 14.4. The van der Waals surface area contributed by atoms with Crippen molar-refractivity contribution in [2.24, 2.45) is 0 Å². The zero-order valence-corrected chi connectivity index (χ0v) is 11.8. The number of Topliss-reactive ketones (excluding diaryl/α,β-unsaturated/α-hetero) is 1. The highest BCUT2D eigenvalue weighted by Gasteiger charge is 2.14. The van der Waals surface area contributed by atoms with Crippen LogP contribution in [0, 0.1) is 0 Å². The van der Waals surface area contributed by atoms with Gasteiger partial charge >= 0.3 is 0 Å². The van der Waals surface area contributed by atoms with Crippen molar-refractivity contribution in [3.63, 3.8) is 0 Å². The van der Waals surface area contributed by atoms with Crippen molar-refractivity contribution in [1.82, 2.24) is 0 Å². The summed E-state index contributed by atoms with van der Waals surface area (Å²) in [5, 5.41) is -0.117. The van der Waals surface area contributed by atoms with Gasteiger partial charge in [0.1, 0.15) is 5.78 Å². The second-order valence-electron chi connectivity index (χ2n) is 4.41. The van der Waals surface area contributed by atoms with Crippen LogP contribution in [0.15, 0.2) is 60.7 Å². The van der Waals surface area contributed by atoms with E-state index in [1.165, 1.54) is 12.5 Å². The van der Waals surface area contributed by atoms with Crippen LogP contribution in [0.5, 0.6) is 0 Å². The first-order valence-electron chi connectivity index (χ1n) is 6.89. The SMILES string of the molecule is [2H]C(C(C)=O)[C@@H](SCc1ccccc1)c1ccccc1. The Kier molecular flexibility index (Phi) is 4.70. The molecule has 0 bridgehead atoms. The molecule has 0 saturated heterocycles. The molecule has 0 heterocycles. The van der Waals surface area contributed by atoms with Crippen molar-refractivity contribution in [1.29, 1.82) is 0 Å². The second-order valence-corrected chi connectivity index (χ2v) is 5.54. The molecule has 0 aliphatic heterocycles. The molecule has 0 saturated carbocycles. The van der Waals surface area contributed by atoms with Gasteiger partial charge in [-0.05, 0) is 18.1 Å². The van der Waals surface area contributed by atoms with Gasteiger partial charge in [0.15, 0.2) is 0 Å². The van der Waals surface area contributed by atoms with E-state index in [2.05, 4.69) is 12.1 Å². The summed E-state index contributed by atoms with van der Waals surface area (Å²) in [5.74, 6) is 0.725. The molecule has 0 aliphatic carbocycles. The van der Waals surface area contributed by atoms with Crippen molar-refractivity contribution in [2.75, 3.05) is 0 Å². The Morgan fingerprint density at radius 1 is 1.11 bits per heavy atom. The molecular weight excluding hydrogens is 252 g/mol. The molecule has 19 heavy (non-hydrogen) atoms. The number of rotatable bonds is 6. The van der Waals surface area contributed by atoms with E-state index in [1.807, 2.05) is 48.5 Å². The normalized spacial score (nSPS) is 14.5. The van der Waals surface area contributed by atoms with Crippen LogP contribution in [0.2, 0.25) is 0 Å². The molecule has 0 aliphatic rings. The van der Waals surface area contributed by atoms with Crippen LogP contribution >= 0.6 is 11.8 Å². The Morgan fingerprint density at radius 2 is 1.68 bits per heavy atom. The minimum absolute atomic E-state index is 0.0839. The summed E-state index contributed by atoms with van der Waals surface area (Å²) >= 11 is 1.66. The molecule has 0 radical (unpaired) electrons. The Hall–Kier alpha value is -1.54. The molecule has 98 valence electrons. The molecule has 0 amide bonds. The van der Waals surface area contributed by atoms with E-state index < -0.39 is 6.40 Å². The number of hydrogen-bond acceptors (Lipinski definition) is 2. The zero-order valence-electron chi connectivity index (χ0n) is 12.0. The second kappa shape index (κ2) is 7.15. The Bertz CT molecular complexity index is 541. The quantitative estimate of drug-likeness (QED) is 0.761. The monoisotopic (exact) mass is 271 g/mol. The molecule has 0 spiro atoms. The Labute approximate surface area is 120 Å². The number of thioether (sulfide) groups is 1. The number of benzene rings is 2. The maximum atomic E-state index is 11.6. The topological polar surface area (TPSA) is 17.1 Å². The molecule has 2 heteroatoms. The van der Waals surface area contributed by atoms with Crippen LogP contribution in [-0.4, -0.2) is 5.78 Å². The van der Waals surface area contributed by atoms with Gasteiger partial charge in [-0.3, -0.25) is 4.79 Å². The van der Waals surface area contributed by atoms with Crippen LogP contribution < -0.4 is 0 Å². The Morgan fingerprint density at radius 3 is 2.26 bits per heavy atom. The van der Waals surface area contributed by atoms with Gasteiger partial charge in [-0.1, -0.05) is 60.7 Å². The van der Waals surface area contributed by atoms with Crippen LogP contribution in [-0.2, 0) is 10.5 Å². The highest BCUT2D eigenvalue weighted by molar-refractivity contribution is 7.98. The number of carbonyl (C=O) groups excluding carboxylic acids is 1. The third-order valence-corrected chi connectivity index (χ3v) is 4.05. The molecule has 0 aromatic heterocycles. The van der Waals surface area contributed by atoms with Gasteiger partial charge in [0.2, 0.25) is 0 Å². The van der Waals surface area contributed by atoms with Crippen molar-refractivity contribution in [3.05, 3.63) is 71.8 Å². The Balaban J connectivity index is 2.13. The first-order valence-corrected chi connectivity index (χ1v) is 7.36. The van der Waals surface area contributed by atoms with Crippen molar-refractivity contribution in [2.45, 2.75) is 24.3 Å². The van der Waals surface area contributed by atoms with Gasteiger partial charge in [0.05, 0.1) is 0 Å². The van der Waals surface area contributed by atoms with Gasteiger partial charge in [-0.25, -0.2) is 0 Å². The minimum atomic E-state index is -0.717. The molecule has 2 aromatic rings. The molecular formula is C17H18OS. The maximum absolute atomic E-state index is 11.6. The van der Waals surface area contributed by atoms with Crippen molar-refractivity contribution < 1.29 is 6.17 Å². The highest BCUT2D eigenvalue weighted by atomic mass is 32.2. The first kappa shape index (κ1) is 12.5. The van der Waals surface area contributed by atoms with Crippen LogP contribution in [0.4, 0.5) is 0 Å². The van der Waals surface area contributed by atoms with Crippen LogP contribution in [0.1, 0.15) is 31.1 Å². The fourth-order valence-corrected chi connectivity index (χ4v) is 3.06. The average Bonchev–Trinajstić information content (AvgIpc) is 2.49. The number of hydrogen-bond donors (Lipinski definition) is 0. The summed E-state index contributed by atoms with van der Waals surface area (Å²) in [6.07, 6.45) is -0.717. The average molecular weight is 271 g/mol. The number of ketones is 1. The molecule has 1 unspecified atom stereocenters. The largest absolute Gasteiger partial charge is 0.300 e. The van der Waals surface area contributed by atoms with E-state index in [9.17, 15) is 4.79 Å². The third-order valence-electron chi connectivity index (χ3n) is 2.79. The lowest BCUT2D eigenvalue weighted by Gasteiger charge is -2.15. The van der Waals surface area contributed by atoms with E-state index in [0.717, 1.165) is 11.3 Å². The van der Waals surface area contributed by atoms with Gasteiger partial charge in [-0.15, -0.1) is 11.8 Å². The first-order chi connectivity index (χ1) is 9.68. The summed E-state index contributed by atoms with van der Waals surface area (Å²) in [6, 6.07) is 20.0. The molecule has 2 aromatic carbocycles. The standard InChI is InChI=1S/C17H18OS/c1-14(18)12-17(16-10-6-3-7-11-16)19-13-15-8-4-2-5-9-15/h2-11,17H,12-13H2,1H3/t17-/m1/s1/i12D/t12?,17-. The van der Waals surface area contributed by atoms with Gasteiger partial charge in [-0.2, -0.15) is 0 Å². The third kappa shape index (κ3) is 4.56. The predicted molar refractivity (Wildman–Crippen MR) is 82.2 cm³/mol. The molecule has 0 fully saturated rings. The molecule has 1 nitrogen and oxygen atoms in total. The van der Waals surface area contributed by atoms with Crippen molar-refractivity contribution in [3.8, 4) is 0 Å². The van der Waals surface area contributed by atoms with E-state index >= 15 is 0 Å². The lowest BCUT2D eigenvalue weighted by molar-refractivity contribution is -0.117. The smallest absolute Gasteiger partial charge is 0.131 e. The minimum Gasteiger partial charge on any atom is -0.300 e. The summed E-state index contributed by atoms with van der Waals surface area (Å²) in [7, 11) is 0. The lowest BCUT2D eigenvalue weighted by atomic mass is 10.1. The molecule has 0 N–H and O–H groups in total. The van der Waals surface area contributed by atoms with Crippen LogP contribution in [0.3, 0.4) is 0 Å². The molecule has 2 rings (SSSR count). The van der Waals surface area contributed by atoms with Crippen molar-refractivity contribution >= 4 is 17.5 Å². The van der Waals surface area contributed by atoms with Gasteiger partial charge < -0.3 is 0 Å².